The van der Waals surface area contributed by atoms with E-state index in [-0.39, 0.29) is 18.5 Å². The fourth-order valence-electron chi connectivity index (χ4n) is 3.42. The lowest BCUT2D eigenvalue weighted by atomic mass is 9.82. The fraction of sp³-hybridized carbons (Fsp3) is 0.556. The van der Waals surface area contributed by atoms with Crippen molar-refractivity contribution < 1.29 is 14.7 Å². The van der Waals surface area contributed by atoms with Crippen LogP contribution in [0.4, 0.5) is 0 Å². The van der Waals surface area contributed by atoms with E-state index >= 15 is 0 Å². The van der Waals surface area contributed by atoms with Gasteiger partial charge >= 0.3 is 5.97 Å². The highest BCUT2D eigenvalue weighted by atomic mass is 16.4. The van der Waals surface area contributed by atoms with Gasteiger partial charge in [0.15, 0.2) is 5.65 Å². The van der Waals surface area contributed by atoms with Gasteiger partial charge in [-0.25, -0.2) is 9.67 Å². The number of aliphatic carboxylic acids is 1. The zero-order valence-corrected chi connectivity index (χ0v) is 15.1. The molecule has 1 aliphatic rings. The Morgan fingerprint density at radius 3 is 2.72 bits per heavy atom. The van der Waals surface area contributed by atoms with Gasteiger partial charge < -0.3 is 10.0 Å². The number of amides is 1. The Morgan fingerprint density at radius 2 is 2.08 bits per heavy atom. The van der Waals surface area contributed by atoms with Crippen molar-refractivity contribution >= 4 is 22.9 Å². The molecule has 1 atom stereocenters. The molecule has 1 aliphatic heterocycles. The molecule has 0 aromatic carbocycles. The molecule has 2 aromatic rings. The van der Waals surface area contributed by atoms with Gasteiger partial charge in [0.2, 0.25) is 0 Å². The predicted molar refractivity (Wildman–Crippen MR) is 93.5 cm³/mol. The molecular formula is C18H24N4O3. The number of hydrogen-bond acceptors (Lipinski definition) is 4. The molecule has 3 rings (SSSR count). The fourth-order valence-corrected chi connectivity index (χ4v) is 3.42. The van der Waals surface area contributed by atoms with Gasteiger partial charge in [-0.1, -0.05) is 0 Å². The Morgan fingerprint density at radius 1 is 1.36 bits per heavy atom. The summed E-state index contributed by atoms with van der Waals surface area (Å²) in [5.41, 5.74) is 1.04. The first-order chi connectivity index (χ1) is 11.7. The van der Waals surface area contributed by atoms with Crippen LogP contribution in [-0.2, 0) is 4.79 Å². The zero-order chi connectivity index (χ0) is 18.4. The summed E-state index contributed by atoms with van der Waals surface area (Å²) < 4.78 is 1.83. The molecule has 134 valence electrons. The molecule has 0 spiro atoms. The maximum atomic E-state index is 13.0. The summed E-state index contributed by atoms with van der Waals surface area (Å²) in [6.07, 6.45) is 2.99. The van der Waals surface area contributed by atoms with E-state index in [1.54, 1.807) is 18.0 Å². The Bertz CT molecular complexity index is 842. The van der Waals surface area contributed by atoms with Gasteiger partial charge in [0.1, 0.15) is 0 Å². The van der Waals surface area contributed by atoms with Crippen molar-refractivity contribution in [2.45, 2.75) is 46.6 Å². The van der Waals surface area contributed by atoms with Crippen molar-refractivity contribution in [1.29, 1.82) is 0 Å². The number of aryl methyl sites for hydroxylation is 1. The molecule has 1 unspecified atom stereocenters. The van der Waals surface area contributed by atoms with Crippen LogP contribution in [0, 0.1) is 12.3 Å². The van der Waals surface area contributed by atoms with Gasteiger partial charge in [-0.15, -0.1) is 0 Å². The maximum Gasteiger partial charge on any atom is 0.311 e. The number of likely N-dealkylation sites (tertiary alicyclic amines) is 1. The minimum atomic E-state index is -0.887. The van der Waals surface area contributed by atoms with Crippen molar-refractivity contribution in [1.82, 2.24) is 19.7 Å². The summed E-state index contributed by atoms with van der Waals surface area (Å²) in [4.78, 5) is 30.7. The maximum absolute atomic E-state index is 13.0. The molecule has 1 N–H and O–H groups in total. The first-order valence-corrected chi connectivity index (χ1v) is 8.60. The highest BCUT2D eigenvalue weighted by Crippen LogP contribution is 2.31. The van der Waals surface area contributed by atoms with Crippen molar-refractivity contribution in [2.24, 2.45) is 5.41 Å². The third-order valence-electron chi connectivity index (χ3n) is 4.98. The molecule has 7 nitrogen and oxygen atoms in total. The zero-order valence-electron chi connectivity index (χ0n) is 15.1. The lowest BCUT2D eigenvalue weighted by Gasteiger charge is -2.37. The normalized spacial score (nSPS) is 21.1. The number of aromatic nitrogens is 3. The van der Waals surface area contributed by atoms with Crippen LogP contribution in [0.15, 0.2) is 12.3 Å². The second-order valence-electron chi connectivity index (χ2n) is 7.41. The van der Waals surface area contributed by atoms with E-state index in [9.17, 15) is 14.7 Å². The smallest absolute Gasteiger partial charge is 0.311 e. The van der Waals surface area contributed by atoms with Gasteiger partial charge in [-0.3, -0.25) is 9.59 Å². The number of piperidine rings is 1. The molecule has 1 saturated heterocycles. The summed E-state index contributed by atoms with van der Waals surface area (Å²) in [6, 6.07) is 2.00. The standard InChI is InChI=1S/C18H24N4O3/c1-11(2)22-15-13(9-19-22)8-14(12(3)20-15)16(23)21-7-5-6-18(4,10-21)17(24)25/h8-9,11H,5-7,10H2,1-4H3,(H,24,25). The van der Waals surface area contributed by atoms with Gasteiger partial charge in [-0.05, 0) is 46.6 Å². The molecule has 1 fully saturated rings. The average Bonchev–Trinajstić information content (AvgIpc) is 2.96. The SMILES string of the molecule is Cc1nc2c(cnn2C(C)C)cc1C(=O)N1CCCC(C)(C(=O)O)C1. The van der Waals surface area contributed by atoms with E-state index in [4.69, 9.17) is 0 Å². The van der Waals surface area contributed by atoms with Gasteiger partial charge in [0.25, 0.3) is 5.91 Å². The highest BCUT2D eigenvalue weighted by Gasteiger charge is 2.39. The third-order valence-corrected chi connectivity index (χ3v) is 4.98. The number of fused-ring (bicyclic) bond motifs is 1. The molecule has 7 heteroatoms. The van der Waals surface area contributed by atoms with E-state index in [2.05, 4.69) is 10.1 Å². The lowest BCUT2D eigenvalue weighted by molar-refractivity contribution is -0.150. The Balaban J connectivity index is 1.94. The third kappa shape index (κ3) is 2.99. The molecule has 3 heterocycles. The van der Waals surface area contributed by atoms with Crippen molar-refractivity contribution in [3.8, 4) is 0 Å². The topological polar surface area (TPSA) is 88.3 Å². The summed E-state index contributed by atoms with van der Waals surface area (Å²) in [6.45, 7) is 8.38. The first kappa shape index (κ1) is 17.4. The van der Waals surface area contributed by atoms with Crippen LogP contribution in [0.3, 0.4) is 0 Å². The van der Waals surface area contributed by atoms with E-state index in [0.29, 0.717) is 30.6 Å². The van der Waals surface area contributed by atoms with Crippen LogP contribution in [0.25, 0.3) is 11.0 Å². The largest absolute Gasteiger partial charge is 0.481 e. The highest BCUT2D eigenvalue weighted by molar-refractivity contribution is 5.98. The molecule has 25 heavy (non-hydrogen) atoms. The monoisotopic (exact) mass is 344 g/mol. The Labute approximate surface area is 146 Å². The quantitative estimate of drug-likeness (QED) is 0.925. The summed E-state index contributed by atoms with van der Waals surface area (Å²) in [5, 5.41) is 14.6. The number of carboxylic acid groups (broad SMARTS) is 1. The van der Waals surface area contributed by atoms with Crippen molar-refractivity contribution in [2.75, 3.05) is 13.1 Å². The Hall–Kier alpha value is -2.44. The number of carbonyl (C=O) groups is 2. The number of hydrogen-bond donors (Lipinski definition) is 1. The van der Waals surface area contributed by atoms with Crippen LogP contribution >= 0.6 is 0 Å². The Kier molecular flexibility index (Phi) is 4.26. The summed E-state index contributed by atoms with van der Waals surface area (Å²) in [5.74, 6) is -1.01. The predicted octanol–water partition coefficient (Wildman–Crippen LogP) is 2.65. The second kappa shape index (κ2) is 6.13. The number of carbonyl (C=O) groups excluding carboxylic acids is 1. The average molecular weight is 344 g/mol. The van der Waals surface area contributed by atoms with Crippen LogP contribution in [0.1, 0.15) is 55.7 Å². The number of carboxylic acids is 1. The molecular weight excluding hydrogens is 320 g/mol. The van der Waals surface area contributed by atoms with Crippen LogP contribution < -0.4 is 0 Å². The molecule has 0 saturated carbocycles. The summed E-state index contributed by atoms with van der Waals surface area (Å²) >= 11 is 0. The van der Waals surface area contributed by atoms with Crippen LogP contribution in [0.5, 0.6) is 0 Å². The number of rotatable bonds is 3. The van der Waals surface area contributed by atoms with E-state index < -0.39 is 11.4 Å². The second-order valence-corrected chi connectivity index (χ2v) is 7.41. The van der Waals surface area contributed by atoms with Crippen molar-refractivity contribution in [3.05, 3.63) is 23.5 Å². The minimum absolute atomic E-state index is 0.156. The van der Waals surface area contributed by atoms with Gasteiger partial charge in [-0.2, -0.15) is 5.10 Å². The summed E-state index contributed by atoms with van der Waals surface area (Å²) in [7, 11) is 0. The minimum Gasteiger partial charge on any atom is -0.481 e. The van der Waals surface area contributed by atoms with E-state index in [0.717, 1.165) is 11.0 Å². The van der Waals surface area contributed by atoms with E-state index in [1.165, 1.54) is 0 Å². The van der Waals surface area contributed by atoms with E-state index in [1.807, 2.05) is 31.5 Å². The molecule has 0 radical (unpaired) electrons. The number of pyridine rings is 1. The molecule has 2 aromatic heterocycles. The first-order valence-electron chi connectivity index (χ1n) is 8.60. The molecule has 0 aliphatic carbocycles. The van der Waals surface area contributed by atoms with Crippen LogP contribution in [-0.4, -0.2) is 49.7 Å². The van der Waals surface area contributed by atoms with Crippen LogP contribution in [0.2, 0.25) is 0 Å². The lowest BCUT2D eigenvalue weighted by Crippen LogP contribution is -2.48. The van der Waals surface area contributed by atoms with Gasteiger partial charge in [0.05, 0.1) is 22.9 Å². The molecule has 1 amide bonds. The molecule has 0 bridgehead atoms. The van der Waals surface area contributed by atoms with Gasteiger partial charge in [0, 0.05) is 24.5 Å². The van der Waals surface area contributed by atoms with Crippen molar-refractivity contribution in [3.63, 3.8) is 0 Å². The number of nitrogens with zero attached hydrogens (tertiary/aromatic N) is 4.